The normalized spacial score (nSPS) is 20.2. The molecule has 1 amide bonds. The van der Waals surface area contributed by atoms with Crippen LogP contribution in [0.5, 0.6) is 0 Å². The Morgan fingerprint density at radius 1 is 1.25 bits per heavy atom. The molecule has 0 saturated carbocycles. The maximum Gasteiger partial charge on any atom is 0.230 e. The molecule has 2 N–H and O–H groups in total. The minimum atomic E-state index is -0.449. The van der Waals surface area contributed by atoms with E-state index >= 15 is 0 Å². The third kappa shape index (κ3) is 3.42. The van der Waals surface area contributed by atoms with Crippen molar-refractivity contribution in [2.45, 2.75) is 32.2 Å². The van der Waals surface area contributed by atoms with Crippen molar-refractivity contribution in [1.29, 1.82) is 0 Å². The van der Waals surface area contributed by atoms with Gasteiger partial charge in [-0.05, 0) is 37.3 Å². The van der Waals surface area contributed by atoms with Crippen molar-refractivity contribution in [2.75, 3.05) is 44.8 Å². The molecule has 3 rings (SSSR count). The third-order valence-corrected chi connectivity index (χ3v) is 5.49. The van der Waals surface area contributed by atoms with Crippen molar-refractivity contribution in [3.05, 3.63) is 29.8 Å². The lowest BCUT2D eigenvalue weighted by Crippen LogP contribution is -2.49. The second-order valence-electron chi connectivity index (χ2n) is 7.08. The molecular weight excluding hydrogens is 302 g/mol. The van der Waals surface area contributed by atoms with Crippen molar-refractivity contribution in [3.8, 4) is 0 Å². The van der Waals surface area contributed by atoms with Gasteiger partial charge >= 0.3 is 0 Å². The van der Waals surface area contributed by atoms with Crippen LogP contribution >= 0.6 is 0 Å². The molecule has 2 saturated heterocycles. The first kappa shape index (κ1) is 17.2. The molecule has 2 heterocycles. The van der Waals surface area contributed by atoms with E-state index in [0.717, 1.165) is 25.9 Å². The van der Waals surface area contributed by atoms with Gasteiger partial charge in [0.1, 0.15) is 0 Å². The lowest BCUT2D eigenvalue weighted by atomic mass is 9.79. The lowest BCUT2D eigenvalue weighted by Gasteiger charge is -2.38. The van der Waals surface area contributed by atoms with E-state index in [4.69, 9.17) is 10.5 Å². The number of nitrogens with zero attached hydrogens (tertiary/aromatic N) is 2. The van der Waals surface area contributed by atoms with E-state index in [1.807, 2.05) is 11.9 Å². The van der Waals surface area contributed by atoms with Crippen LogP contribution < -0.4 is 10.6 Å². The van der Waals surface area contributed by atoms with Crippen LogP contribution in [0, 0.1) is 5.41 Å². The summed E-state index contributed by atoms with van der Waals surface area (Å²) >= 11 is 0. The Labute approximate surface area is 144 Å². The predicted octanol–water partition coefficient (Wildman–Crippen LogP) is 2.00. The first-order valence-electron chi connectivity index (χ1n) is 9.02. The molecule has 0 spiro atoms. The molecule has 0 aliphatic carbocycles. The summed E-state index contributed by atoms with van der Waals surface area (Å²) in [7, 11) is 1.90. The van der Waals surface area contributed by atoms with Gasteiger partial charge in [0, 0.05) is 52.1 Å². The molecule has 5 nitrogen and oxygen atoms in total. The van der Waals surface area contributed by atoms with Gasteiger partial charge in [-0.2, -0.15) is 0 Å². The SMILES string of the molecule is CN(Cc1ccccc1N1CCCC1)C(=O)C1(CN)CCOCC1. The number of carbonyl (C=O) groups excluding carboxylic acids is 1. The van der Waals surface area contributed by atoms with Gasteiger partial charge in [0.2, 0.25) is 5.91 Å². The van der Waals surface area contributed by atoms with Crippen LogP contribution in [0.3, 0.4) is 0 Å². The number of carbonyl (C=O) groups is 1. The Morgan fingerprint density at radius 2 is 1.92 bits per heavy atom. The van der Waals surface area contributed by atoms with Crippen LogP contribution in [0.25, 0.3) is 0 Å². The Kier molecular flexibility index (Phi) is 5.41. The molecule has 0 atom stereocenters. The average Bonchev–Trinajstić information content (AvgIpc) is 3.16. The van der Waals surface area contributed by atoms with E-state index < -0.39 is 5.41 Å². The lowest BCUT2D eigenvalue weighted by molar-refractivity contribution is -0.146. The molecule has 24 heavy (non-hydrogen) atoms. The molecule has 1 aromatic rings. The molecule has 0 bridgehead atoms. The van der Waals surface area contributed by atoms with E-state index in [2.05, 4.69) is 29.2 Å². The highest BCUT2D eigenvalue weighted by Crippen LogP contribution is 2.32. The van der Waals surface area contributed by atoms with Gasteiger partial charge in [0.05, 0.1) is 5.41 Å². The second kappa shape index (κ2) is 7.53. The number of rotatable bonds is 5. The monoisotopic (exact) mass is 331 g/mol. The molecule has 2 aliphatic heterocycles. The van der Waals surface area contributed by atoms with Crippen LogP contribution in [0.1, 0.15) is 31.2 Å². The van der Waals surface area contributed by atoms with Gasteiger partial charge in [-0.15, -0.1) is 0 Å². The number of amides is 1. The highest BCUT2D eigenvalue weighted by molar-refractivity contribution is 5.83. The first-order chi connectivity index (χ1) is 11.7. The van der Waals surface area contributed by atoms with E-state index in [9.17, 15) is 4.79 Å². The molecule has 0 unspecified atom stereocenters. The van der Waals surface area contributed by atoms with Gasteiger partial charge in [-0.3, -0.25) is 4.79 Å². The molecule has 1 aromatic carbocycles. The number of benzene rings is 1. The van der Waals surface area contributed by atoms with Crippen LogP contribution in [0.4, 0.5) is 5.69 Å². The van der Waals surface area contributed by atoms with Crippen LogP contribution in [-0.2, 0) is 16.1 Å². The molecule has 5 heteroatoms. The van der Waals surface area contributed by atoms with E-state index in [0.29, 0.717) is 26.3 Å². The van der Waals surface area contributed by atoms with E-state index in [-0.39, 0.29) is 5.91 Å². The molecule has 0 aromatic heterocycles. The van der Waals surface area contributed by atoms with E-state index in [1.54, 1.807) is 0 Å². The molecule has 2 fully saturated rings. The summed E-state index contributed by atoms with van der Waals surface area (Å²) in [6, 6.07) is 8.45. The van der Waals surface area contributed by atoms with Crippen LogP contribution in [-0.4, -0.2) is 50.7 Å². The number of hydrogen-bond donors (Lipinski definition) is 1. The predicted molar refractivity (Wildman–Crippen MR) is 95.9 cm³/mol. The zero-order valence-electron chi connectivity index (χ0n) is 14.7. The number of para-hydroxylation sites is 1. The van der Waals surface area contributed by atoms with Gasteiger partial charge < -0.3 is 20.3 Å². The second-order valence-corrected chi connectivity index (χ2v) is 7.08. The first-order valence-corrected chi connectivity index (χ1v) is 9.02. The van der Waals surface area contributed by atoms with Crippen molar-refractivity contribution in [3.63, 3.8) is 0 Å². The third-order valence-electron chi connectivity index (χ3n) is 5.49. The molecule has 2 aliphatic rings. The fraction of sp³-hybridized carbons (Fsp3) is 0.632. The number of hydrogen-bond acceptors (Lipinski definition) is 4. The number of anilines is 1. The standard InChI is InChI=1S/C19H29N3O2/c1-21(18(23)19(15-20)8-12-24-13-9-19)14-16-6-2-3-7-17(16)22-10-4-5-11-22/h2-3,6-7H,4-5,8-15,20H2,1H3. The maximum atomic E-state index is 13.1. The number of ether oxygens (including phenoxy) is 1. The summed E-state index contributed by atoms with van der Waals surface area (Å²) in [6.45, 7) is 4.50. The van der Waals surface area contributed by atoms with Crippen molar-refractivity contribution in [1.82, 2.24) is 4.90 Å². The Bertz CT molecular complexity index is 563. The van der Waals surface area contributed by atoms with Crippen molar-refractivity contribution in [2.24, 2.45) is 11.1 Å². The van der Waals surface area contributed by atoms with Crippen molar-refractivity contribution < 1.29 is 9.53 Å². The van der Waals surface area contributed by atoms with Crippen LogP contribution in [0.2, 0.25) is 0 Å². The fourth-order valence-corrected chi connectivity index (χ4v) is 3.91. The molecule has 0 radical (unpaired) electrons. The smallest absolute Gasteiger partial charge is 0.230 e. The van der Waals surface area contributed by atoms with E-state index in [1.165, 1.54) is 24.1 Å². The van der Waals surface area contributed by atoms with Crippen molar-refractivity contribution >= 4 is 11.6 Å². The Hall–Kier alpha value is -1.59. The summed E-state index contributed by atoms with van der Waals surface area (Å²) in [5.74, 6) is 0.157. The molecule has 132 valence electrons. The van der Waals surface area contributed by atoms with Gasteiger partial charge in [-0.1, -0.05) is 18.2 Å². The minimum Gasteiger partial charge on any atom is -0.381 e. The summed E-state index contributed by atoms with van der Waals surface area (Å²) < 4.78 is 5.43. The topological polar surface area (TPSA) is 58.8 Å². The van der Waals surface area contributed by atoms with Crippen LogP contribution in [0.15, 0.2) is 24.3 Å². The quantitative estimate of drug-likeness (QED) is 0.896. The Morgan fingerprint density at radius 3 is 2.58 bits per heavy atom. The minimum absolute atomic E-state index is 0.157. The fourth-order valence-electron chi connectivity index (χ4n) is 3.91. The molecular formula is C19H29N3O2. The number of nitrogens with two attached hydrogens (primary N) is 1. The van der Waals surface area contributed by atoms with Gasteiger partial charge in [-0.25, -0.2) is 0 Å². The Balaban J connectivity index is 1.74. The highest BCUT2D eigenvalue weighted by atomic mass is 16.5. The maximum absolute atomic E-state index is 13.1. The zero-order valence-corrected chi connectivity index (χ0v) is 14.7. The van der Waals surface area contributed by atoms with Gasteiger partial charge in [0.25, 0.3) is 0 Å². The van der Waals surface area contributed by atoms with Gasteiger partial charge in [0.15, 0.2) is 0 Å². The largest absolute Gasteiger partial charge is 0.381 e. The summed E-state index contributed by atoms with van der Waals surface area (Å²) in [4.78, 5) is 17.4. The summed E-state index contributed by atoms with van der Waals surface area (Å²) in [5.41, 5.74) is 8.02. The summed E-state index contributed by atoms with van der Waals surface area (Å²) in [6.07, 6.45) is 3.94. The summed E-state index contributed by atoms with van der Waals surface area (Å²) in [5, 5.41) is 0. The highest BCUT2D eigenvalue weighted by Gasteiger charge is 2.40. The average molecular weight is 331 g/mol. The zero-order chi connectivity index (χ0) is 17.0.